The van der Waals surface area contributed by atoms with Gasteiger partial charge in [0.25, 0.3) is 5.91 Å². The summed E-state index contributed by atoms with van der Waals surface area (Å²) in [6, 6.07) is 2.66. The van der Waals surface area contributed by atoms with Gasteiger partial charge in [0.05, 0.1) is 22.5 Å². The summed E-state index contributed by atoms with van der Waals surface area (Å²) in [6.45, 7) is -0.601. The van der Waals surface area contributed by atoms with Gasteiger partial charge in [0, 0.05) is 16.6 Å². The highest BCUT2D eigenvalue weighted by atomic mass is 79.9. The van der Waals surface area contributed by atoms with E-state index in [1.54, 1.807) is 0 Å². The van der Waals surface area contributed by atoms with Crippen LogP contribution >= 0.6 is 15.9 Å². The standard InChI is InChI=1S/C20H14BrF11N2O2/c1-2-36-8-34(16(35)9-4-3-5-12(33)14(9)22)15-10(18(24,25)26)6-7-11(21)13(15)17(23,19(27,28)29)20(30,31)32/h3-7H,2,8,33H2,1H3. The van der Waals surface area contributed by atoms with Crippen LogP contribution in [0.1, 0.15) is 28.4 Å². The molecular formula is C20H14BrF11N2O2. The number of amides is 1. The molecule has 0 fully saturated rings. The first-order valence-corrected chi connectivity index (χ1v) is 10.3. The Morgan fingerprint density at radius 1 is 0.972 bits per heavy atom. The normalized spacial score (nSPS) is 13.1. The van der Waals surface area contributed by atoms with Crippen molar-refractivity contribution in [2.75, 3.05) is 24.0 Å². The number of rotatable bonds is 6. The first-order valence-electron chi connectivity index (χ1n) is 9.46. The fourth-order valence-electron chi connectivity index (χ4n) is 3.12. The van der Waals surface area contributed by atoms with Crippen LogP contribution in [-0.4, -0.2) is 31.6 Å². The molecule has 0 aliphatic carbocycles. The summed E-state index contributed by atoms with van der Waals surface area (Å²) >= 11 is 2.26. The van der Waals surface area contributed by atoms with E-state index in [1.165, 1.54) is 6.92 Å². The van der Waals surface area contributed by atoms with Crippen LogP contribution < -0.4 is 10.6 Å². The zero-order chi connectivity index (χ0) is 27.9. The maximum atomic E-state index is 15.2. The van der Waals surface area contributed by atoms with Crippen molar-refractivity contribution in [1.29, 1.82) is 0 Å². The molecule has 0 saturated heterocycles. The third-order valence-corrected chi connectivity index (χ3v) is 5.42. The molecule has 2 aromatic carbocycles. The van der Waals surface area contributed by atoms with Crippen LogP contribution in [0.4, 0.5) is 59.7 Å². The molecule has 0 spiro atoms. The summed E-state index contributed by atoms with van der Waals surface area (Å²) < 4.78 is 156. The number of nitrogens with zero attached hydrogens (tertiary/aromatic N) is 1. The van der Waals surface area contributed by atoms with Gasteiger partial charge in [-0.3, -0.25) is 9.69 Å². The first-order chi connectivity index (χ1) is 16.3. The molecule has 0 radical (unpaired) electrons. The van der Waals surface area contributed by atoms with Gasteiger partial charge in [-0.2, -0.15) is 39.5 Å². The van der Waals surface area contributed by atoms with Crippen LogP contribution in [0.25, 0.3) is 0 Å². The van der Waals surface area contributed by atoms with Gasteiger partial charge >= 0.3 is 24.2 Å². The fraction of sp³-hybridized carbons (Fsp3) is 0.350. The zero-order valence-electron chi connectivity index (χ0n) is 17.7. The van der Waals surface area contributed by atoms with E-state index >= 15 is 4.39 Å². The average Bonchev–Trinajstić information content (AvgIpc) is 2.73. The van der Waals surface area contributed by atoms with E-state index in [1.807, 2.05) is 0 Å². The van der Waals surface area contributed by atoms with Crippen LogP contribution in [0.15, 0.2) is 34.8 Å². The number of nitrogen functional groups attached to an aromatic ring is 1. The highest BCUT2D eigenvalue weighted by Crippen LogP contribution is 2.59. The summed E-state index contributed by atoms with van der Waals surface area (Å²) in [5.41, 5.74) is -10.0. The molecule has 2 N–H and O–H groups in total. The summed E-state index contributed by atoms with van der Waals surface area (Å²) in [7, 11) is 0. The smallest absolute Gasteiger partial charge is 0.396 e. The Morgan fingerprint density at radius 2 is 1.53 bits per heavy atom. The van der Waals surface area contributed by atoms with E-state index in [9.17, 15) is 48.7 Å². The highest BCUT2D eigenvalue weighted by Gasteiger charge is 2.75. The van der Waals surface area contributed by atoms with Gasteiger partial charge in [-0.25, -0.2) is 8.78 Å². The van der Waals surface area contributed by atoms with Crippen molar-refractivity contribution < 1.29 is 57.8 Å². The molecule has 200 valence electrons. The minimum atomic E-state index is -6.85. The molecule has 0 aliphatic heterocycles. The van der Waals surface area contributed by atoms with E-state index in [0.717, 1.165) is 12.1 Å². The number of hydrogen-bond acceptors (Lipinski definition) is 3. The SMILES string of the molecule is CCOCN(C(=O)c1cccc(N)c1F)c1c(C(F)(F)F)ccc(Br)c1C(F)(C(F)(F)F)C(F)(F)F. The van der Waals surface area contributed by atoms with Crippen LogP contribution in [0, 0.1) is 5.82 Å². The molecule has 0 atom stereocenters. The lowest BCUT2D eigenvalue weighted by Gasteiger charge is -2.36. The van der Waals surface area contributed by atoms with Gasteiger partial charge in [0.2, 0.25) is 0 Å². The number of hydrogen-bond donors (Lipinski definition) is 1. The number of halogens is 12. The molecule has 2 aromatic rings. The van der Waals surface area contributed by atoms with E-state index in [2.05, 4.69) is 15.9 Å². The molecule has 16 heteroatoms. The fourth-order valence-corrected chi connectivity index (χ4v) is 3.71. The molecule has 0 heterocycles. The summed E-state index contributed by atoms with van der Waals surface area (Å²) in [4.78, 5) is 12.7. The quantitative estimate of drug-likeness (QED) is 0.218. The number of ether oxygens (including phenoxy) is 1. The third kappa shape index (κ3) is 5.23. The van der Waals surface area contributed by atoms with Crippen molar-refractivity contribution in [3.05, 3.63) is 57.3 Å². The van der Waals surface area contributed by atoms with Crippen LogP contribution in [0.5, 0.6) is 0 Å². The predicted molar refractivity (Wildman–Crippen MR) is 108 cm³/mol. The molecule has 36 heavy (non-hydrogen) atoms. The Labute approximate surface area is 203 Å². The number of anilines is 2. The molecule has 4 nitrogen and oxygen atoms in total. The molecule has 0 unspecified atom stereocenters. The maximum Gasteiger partial charge on any atom is 0.436 e. The van der Waals surface area contributed by atoms with E-state index in [0.29, 0.717) is 6.07 Å². The van der Waals surface area contributed by atoms with Crippen LogP contribution in [0.3, 0.4) is 0 Å². The Balaban J connectivity index is 3.11. The van der Waals surface area contributed by atoms with Crippen molar-refractivity contribution in [3.8, 4) is 0 Å². The molecule has 1 amide bonds. The lowest BCUT2D eigenvalue weighted by atomic mass is 9.89. The molecule has 0 saturated carbocycles. The number of nitrogens with two attached hydrogens (primary N) is 1. The molecule has 2 rings (SSSR count). The highest BCUT2D eigenvalue weighted by molar-refractivity contribution is 9.10. The van der Waals surface area contributed by atoms with Gasteiger partial charge in [-0.1, -0.05) is 22.0 Å². The number of benzene rings is 2. The van der Waals surface area contributed by atoms with Crippen molar-refractivity contribution in [2.45, 2.75) is 31.1 Å². The molecular weight excluding hydrogens is 589 g/mol. The minimum absolute atomic E-state index is 0.0258. The second-order valence-electron chi connectivity index (χ2n) is 7.03. The second kappa shape index (κ2) is 10.0. The van der Waals surface area contributed by atoms with E-state index in [-0.39, 0.29) is 17.0 Å². The average molecular weight is 603 g/mol. The van der Waals surface area contributed by atoms with Gasteiger partial charge in [0.15, 0.2) is 5.82 Å². The van der Waals surface area contributed by atoms with Crippen LogP contribution in [-0.2, 0) is 16.6 Å². The van der Waals surface area contributed by atoms with Crippen molar-refractivity contribution in [2.24, 2.45) is 0 Å². The van der Waals surface area contributed by atoms with Crippen LogP contribution in [0.2, 0.25) is 0 Å². The predicted octanol–water partition coefficient (Wildman–Crippen LogP) is 7.12. The Kier molecular flexibility index (Phi) is 8.25. The van der Waals surface area contributed by atoms with Crippen molar-refractivity contribution in [3.63, 3.8) is 0 Å². The number of carbonyl (C=O) groups is 1. The monoisotopic (exact) mass is 602 g/mol. The van der Waals surface area contributed by atoms with Gasteiger partial charge in [-0.05, 0) is 31.2 Å². The molecule has 0 bridgehead atoms. The zero-order valence-corrected chi connectivity index (χ0v) is 19.3. The summed E-state index contributed by atoms with van der Waals surface area (Å²) in [6.07, 6.45) is -19.4. The lowest BCUT2D eigenvalue weighted by Crippen LogP contribution is -2.52. The topological polar surface area (TPSA) is 55.6 Å². The van der Waals surface area contributed by atoms with Gasteiger partial charge in [-0.15, -0.1) is 0 Å². The summed E-state index contributed by atoms with van der Waals surface area (Å²) in [5, 5.41) is 0. The number of alkyl halides is 10. The van der Waals surface area contributed by atoms with E-state index in [4.69, 9.17) is 10.5 Å². The Hall–Kier alpha value is -2.62. The van der Waals surface area contributed by atoms with Gasteiger partial charge < -0.3 is 10.5 Å². The summed E-state index contributed by atoms with van der Waals surface area (Å²) in [5.74, 6) is -3.42. The Bertz CT molecular complexity index is 1120. The van der Waals surface area contributed by atoms with E-state index < -0.39 is 81.8 Å². The largest absolute Gasteiger partial charge is 0.436 e. The molecule has 0 aliphatic rings. The minimum Gasteiger partial charge on any atom is -0.396 e. The van der Waals surface area contributed by atoms with Gasteiger partial charge in [0.1, 0.15) is 6.73 Å². The van der Waals surface area contributed by atoms with Crippen molar-refractivity contribution >= 4 is 33.2 Å². The maximum absolute atomic E-state index is 15.2. The number of carbonyl (C=O) groups excluding carboxylic acids is 1. The first kappa shape index (κ1) is 29.6. The molecule has 0 aromatic heterocycles. The lowest BCUT2D eigenvalue weighted by molar-refractivity contribution is -0.348. The second-order valence-corrected chi connectivity index (χ2v) is 7.89. The third-order valence-electron chi connectivity index (χ3n) is 4.76. The van der Waals surface area contributed by atoms with Crippen molar-refractivity contribution in [1.82, 2.24) is 0 Å². The Morgan fingerprint density at radius 3 is 2.00 bits per heavy atom.